The molecule has 1 amide bonds. The number of nitrogen functional groups attached to an aromatic ring is 1. The number of nitrogens with zero attached hydrogens (tertiary/aromatic N) is 7. The second-order valence-electron chi connectivity index (χ2n) is 9.55. The van der Waals surface area contributed by atoms with Crippen molar-refractivity contribution in [2.45, 2.75) is 26.4 Å². The fourth-order valence-corrected chi connectivity index (χ4v) is 4.80. The minimum Gasteiger partial charge on any atom is -0.444 e. The molecule has 186 valence electrons. The molecule has 0 spiro atoms. The summed E-state index contributed by atoms with van der Waals surface area (Å²) in [4.78, 5) is 37.2. The summed E-state index contributed by atoms with van der Waals surface area (Å²) in [5, 5.41) is 0.533. The highest BCUT2D eigenvalue weighted by atomic mass is 32.1. The van der Waals surface area contributed by atoms with Crippen LogP contribution in [-0.2, 0) is 9.47 Å². The lowest BCUT2D eigenvalue weighted by Crippen LogP contribution is -2.50. The molecule has 2 aliphatic rings. The summed E-state index contributed by atoms with van der Waals surface area (Å²) in [6.07, 6.45) is -0.292. The van der Waals surface area contributed by atoms with Crippen LogP contribution in [0.25, 0.3) is 21.6 Å². The molecule has 12 heteroatoms. The van der Waals surface area contributed by atoms with Gasteiger partial charge in [-0.05, 0) is 39.0 Å². The van der Waals surface area contributed by atoms with Crippen LogP contribution in [0.2, 0.25) is 0 Å². The Morgan fingerprint density at radius 3 is 2.29 bits per heavy atom. The molecule has 2 fully saturated rings. The van der Waals surface area contributed by atoms with E-state index < -0.39 is 5.60 Å². The van der Waals surface area contributed by atoms with Crippen LogP contribution < -0.4 is 15.5 Å². The Balaban J connectivity index is 1.42. The molecule has 4 heterocycles. The van der Waals surface area contributed by atoms with Crippen LogP contribution in [0.1, 0.15) is 20.8 Å². The van der Waals surface area contributed by atoms with Gasteiger partial charge in [-0.3, -0.25) is 0 Å². The summed E-state index contributed by atoms with van der Waals surface area (Å²) < 4.78 is 12.0. The van der Waals surface area contributed by atoms with Crippen LogP contribution >= 0.6 is 11.3 Å². The van der Waals surface area contributed by atoms with Crippen molar-refractivity contribution in [3.8, 4) is 11.4 Å². The Kier molecular flexibility index (Phi) is 6.32. The van der Waals surface area contributed by atoms with E-state index in [0.717, 1.165) is 28.9 Å². The maximum Gasteiger partial charge on any atom is 0.410 e. The van der Waals surface area contributed by atoms with Gasteiger partial charge in [0.25, 0.3) is 0 Å². The monoisotopic (exact) mass is 498 g/mol. The van der Waals surface area contributed by atoms with Gasteiger partial charge in [0.15, 0.2) is 11.0 Å². The molecule has 2 aromatic heterocycles. The predicted octanol–water partition coefficient (Wildman–Crippen LogP) is 2.62. The number of piperazine rings is 1. The van der Waals surface area contributed by atoms with E-state index in [0.29, 0.717) is 62.2 Å². The van der Waals surface area contributed by atoms with Crippen LogP contribution in [0.15, 0.2) is 18.2 Å². The number of carbonyl (C=O) groups excluding carboxylic acids is 1. The van der Waals surface area contributed by atoms with Crippen molar-refractivity contribution in [2.24, 2.45) is 0 Å². The molecule has 2 aliphatic heterocycles. The zero-order chi connectivity index (χ0) is 24.6. The van der Waals surface area contributed by atoms with Crippen molar-refractivity contribution >= 4 is 44.7 Å². The van der Waals surface area contributed by atoms with Crippen LogP contribution in [-0.4, -0.2) is 89.0 Å². The van der Waals surface area contributed by atoms with Crippen LogP contribution in [0.3, 0.4) is 0 Å². The van der Waals surface area contributed by atoms with Crippen LogP contribution in [0, 0.1) is 0 Å². The number of carbonyl (C=O) groups is 1. The molecule has 2 N–H and O–H groups in total. The molecule has 11 nitrogen and oxygen atoms in total. The number of ether oxygens (including phenoxy) is 2. The van der Waals surface area contributed by atoms with E-state index in [1.165, 1.54) is 11.3 Å². The zero-order valence-electron chi connectivity index (χ0n) is 20.2. The topological polar surface area (TPSA) is 123 Å². The van der Waals surface area contributed by atoms with E-state index >= 15 is 0 Å². The SMILES string of the molecule is CC(C)(C)OC(=O)N1CCN(c2nc(-c3ccc4nc(N)sc4c3)nc(N3CCOCC3)n2)CC1. The zero-order valence-corrected chi connectivity index (χ0v) is 21.0. The Morgan fingerprint density at radius 1 is 0.971 bits per heavy atom. The number of anilines is 3. The molecule has 0 radical (unpaired) electrons. The molecule has 3 aromatic rings. The van der Waals surface area contributed by atoms with Gasteiger partial charge in [-0.25, -0.2) is 9.78 Å². The standard InChI is InChI=1S/C23H30N8O3S/c1-23(2,3)34-22(32)31-8-6-29(7-9-31)20-26-18(27-21(28-20)30-10-12-33-13-11-30)15-4-5-16-17(14-15)35-19(24)25-16/h4-5,14H,6-13H2,1-3H3,(H2,24,25). The van der Waals surface area contributed by atoms with Crippen molar-refractivity contribution in [1.82, 2.24) is 24.8 Å². The van der Waals surface area contributed by atoms with Crippen molar-refractivity contribution < 1.29 is 14.3 Å². The molecule has 35 heavy (non-hydrogen) atoms. The maximum atomic E-state index is 12.5. The average molecular weight is 499 g/mol. The van der Waals surface area contributed by atoms with Gasteiger partial charge < -0.3 is 29.9 Å². The smallest absolute Gasteiger partial charge is 0.410 e. The first-order valence-corrected chi connectivity index (χ1v) is 12.5. The fraction of sp³-hybridized carbons (Fsp3) is 0.522. The Bertz CT molecular complexity index is 1210. The number of aromatic nitrogens is 4. The normalized spacial score (nSPS) is 17.2. The average Bonchev–Trinajstić information content (AvgIpc) is 3.22. The first-order chi connectivity index (χ1) is 16.7. The number of rotatable bonds is 3. The fourth-order valence-electron chi connectivity index (χ4n) is 4.03. The highest BCUT2D eigenvalue weighted by molar-refractivity contribution is 7.22. The van der Waals surface area contributed by atoms with Gasteiger partial charge in [0.05, 0.1) is 23.4 Å². The Hall–Kier alpha value is -3.25. The minimum atomic E-state index is -0.520. The highest BCUT2D eigenvalue weighted by Gasteiger charge is 2.28. The first kappa shape index (κ1) is 23.5. The molecule has 0 bridgehead atoms. The third kappa shape index (κ3) is 5.38. The summed E-state index contributed by atoms with van der Waals surface area (Å²) in [6.45, 7) is 10.6. The van der Waals surface area contributed by atoms with E-state index in [1.54, 1.807) is 4.90 Å². The first-order valence-electron chi connectivity index (χ1n) is 11.7. The van der Waals surface area contributed by atoms with Crippen molar-refractivity contribution in [1.29, 1.82) is 0 Å². The van der Waals surface area contributed by atoms with Gasteiger partial charge >= 0.3 is 6.09 Å². The van der Waals surface area contributed by atoms with Crippen LogP contribution in [0.4, 0.5) is 21.8 Å². The highest BCUT2D eigenvalue weighted by Crippen LogP contribution is 2.29. The summed E-state index contributed by atoms with van der Waals surface area (Å²) in [7, 11) is 0. The second kappa shape index (κ2) is 9.42. The third-order valence-electron chi connectivity index (χ3n) is 5.78. The van der Waals surface area contributed by atoms with E-state index in [-0.39, 0.29) is 6.09 Å². The molecular weight excluding hydrogens is 468 g/mol. The van der Waals surface area contributed by atoms with Gasteiger partial charge in [0.1, 0.15) is 5.60 Å². The van der Waals surface area contributed by atoms with Gasteiger partial charge in [-0.2, -0.15) is 15.0 Å². The molecule has 0 atom stereocenters. The van der Waals surface area contributed by atoms with Gasteiger partial charge in [-0.1, -0.05) is 11.3 Å². The number of hydrogen-bond donors (Lipinski definition) is 1. The molecule has 2 saturated heterocycles. The lowest BCUT2D eigenvalue weighted by atomic mass is 10.2. The van der Waals surface area contributed by atoms with E-state index in [4.69, 9.17) is 30.2 Å². The molecule has 5 rings (SSSR count). The van der Waals surface area contributed by atoms with E-state index in [2.05, 4.69) is 14.8 Å². The summed E-state index contributed by atoms with van der Waals surface area (Å²) >= 11 is 1.44. The summed E-state index contributed by atoms with van der Waals surface area (Å²) in [5.74, 6) is 1.83. The third-order valence-corrected chi connectivity index (χ3v) is 6.63. The number of benzene rings is 1. The van der Waals surface area contributed by atoms with Crippen molar-refractivity contribution in [2.75, 3.05) is 68.0 Å². The lowest BCUT2D eigenvalue weighted by Gasteiger charge is -2.36. The van der Waals surface area contributed by atoms with Crippen LogP contribution in [0.5, 0.6) is 0 Å². The quantitative estimate of drug-likeness (QED) is 0.576. The Morgan fingerprint density at radius 2 is 1.63 bits per heavy atom. The molecule has 0 aliphatic carbocycles. The largest absolute Gasteiger partial charge is 0.444 e. The number of hydrogen-bond acceptors (Lipinski definition) is 11. The minimum absolute atomic E-state index is 0.292. The van der Waals surface area contributed by atoms with Gasteiger partial charge in [0.2, 0.25) is 11.9 Å². The number of amides is 1. The van der Waals surface area contributed by atoms with Crippen molar-refractivity contribution in [3.05, 3.63) is 18.2 Å². The number of thiazole rings is 1. The molecule has 0 unspecified atom stereocenters. The van der Waals surface area contributed by atoms with Crippen molar-refractivity contribution in [3.63, 3.8) is 0 Å². The van der Waals surface area contributed by atoms with Gasteiger partial charge in [0, 0.05) is 44.8 Å². The number of fused-ring (bicyclic) bond motifs is 1. The van der Waals surface area contributed by atoms with E-state index in [1.807, 2.05) is 39.0 Å². The number of morpholine rings is 1. The summed E-state index contributed by atoms with van der Waals surface area (Å²) in [6, 6.07) is 5.92. The molecule has 1 aromatic carbocycles. The second-order valence-corrected chi connectivity index (χ2v) is 10.6. The summed E-state index contributed by atoms with van der Waals surface area (Å²) in [5.41, 5.74) is 7.11. The molecular formula is C23H30N8O3S. The van der Waals surface area contributed by atoms with Gasteiger partial charge in [-0.15, -0.1) is 0 Å². The number of nitrogens with two attached hydrogens (primary N) is 1. The maximum absolute atomic E-state index is 12.5. The van der Waals surface area contributed by atoms with E-state index in [9.17, 15) is 4.79 Å². The Labute approximate surface area is 207 Å². The lowest BCUT2D eigenvalue weighted by molar-refractivity contribution is 0.0240. The molecule has 0 saturated carbocycles. The predicted molar refractivity (Wildman–Crippen MR) is 136 cm³/mol.